The molecule has 8 heteroatoms. The van der Waals surface area contributed by atoms with Crippen molar-refractivity contribution in [2.75, 3.05) is 0 Å². The number of benzene rings is 6. The molecule has 0 unspecified atom stereocenters. The minimum Gasteiger partial charge on any atom is -0.456 e. The quantitative estimate of drug-likeness (QED) is 0.150. The Labute approximate surface area is 329 Å². The van der Waals surface area contributed by atoms with Gasteiger partial charge in [-0.25, -0.2) is 24.9 Å². The Balaban J connectivity index is 1.12. The van der Waals surface area contributed by atoms with E-state index in [-0.39, 0.29) is 0 Å². The number of hydrogen-bond acceptors (Lipinski definition) is 8. The number of nitrogens with zero attached hydrogens (tertiary/aromatic N) is 5. The zero-order valence-electron chi connectivity index (χ0n) is 30.3. The van der Waals surface area contributed by atoms with Crippen LogP contribution >= 0.6 is 11.3 Å². The van der Waals surface area contributed by atoms with Crippen LogP contribution < -0.4 is 0 Å². The highest BCUT2D eigenvalue weighted by Gasteiger charge is 2.21. The van der Waals surface area contributed by atoms with Gasteiger partial charge in [0, 0.05) is 58.6 Å². The van der Waals surface area contributed by atoms with Crippen LogP contribution in [0.25, 0.3) is 116 Å². The molecule has 11 rings (SSSR count). The number of rotatable bonds is 7. The van der Waals surface area contributed by atoms with Gasteiger partial charge in [0.15, 0.2) is 28.9 Å². The molecule has 268 valence electrons. The van der Waals surface area contributed by atoms with Crippen molar-refractivity contribution in [1.29, 1.82) is 0 Å². The van der Waals surface area contributed by atoms with Gasteiger partial charge in [0.25, 0.3) is 0 Å². The molecular weight excluding hydrogens is 723 g/mol. The lowest BCUT2D eigenvalue weighted by atomic mass is 10.0. The molecule has 0 saturated heterocycles. The smallest absolute Gasteiger partial charge is 0.179 e. The summed E-state index contributed by atoms with van der Waals surface area (Å²) in [4.78, 5) is 25.7. The first-order chi connectivity index (χ1) is 28.2. The lowest BCUT2D eigenvalue weighted by molar-refractivity contribution is 0.664. The second-order valence-electron chi connectivity index (χ2n) is 13.6. The molecule has 5 aromatic heterocycles. The third-order valence-corrected chi connectivity index (χ3v) is 11.3. The Morgan fingerprint density at radius 3 is 2.00 bits per heavy atom. The minimum absolute atomic E-state index is 0.574. The van der Waals surface area contributed by atoms with E-state index in [0.29, 0.717) is 34.6 Å². The molecule has 0 aliphatic carbocycles. The van der Waals surface area contributed by atoms with E-state index in [1.54, 1.807) is 17.4 Å². The Bertz CT molecular complexity index is 3450. The molecule has 0 N–H and O–H groups in total. The highest BCUT2D eigenvalue weighted by atomic mass is 32.1. The third kappa shape index (κ3) is 5.53. The number of furan rings is 2. The number of para-hydroxylation sites is 2. The fourth-order valence-electron chi connectivity index (χ4n) is 7.59. The van der Waals surface area contributed by atoms with Gasteiger partial charge in [-0.15, -0.1) is 11.3 Å². The molecule has 0 radical (unpaired) electrons. The van der Waals surface area contributed by atoms with E-state index in [0.717, 1.165) is 80.9 Å². The summed E-state index contributed by atoms with van der Waals surface area (Å²) in [6.07, 6.45) is 9.43. The first-order valence-electron chi connectivity index (χ1n) is 18.5. The molecule has 0 aliphatic heterocycles. The second-order valence-corrected chi connectivity index (χ2v) is 14.7. The maximum Gasteiger partial charge on any atom is 0.179 e. The summed E-state index contributed by atoms with van der Waals surface area (Å²) in [6.45, 7) is 3.79. The van der Waals surface area contributed by atoms with E-state index >= 15 is 0 Å². The van der Waals surface area contributed by atoms with Crippen LogP contribution in [0.5, 0.6) is 0 Å². The van der Waals surface area contributed by atoms with Crippen molar-refractivity contribution < 1.29 is 8.83 Å². The van der Waals surface area contributed by atoms with E-state index in [2.05, 4.69) is 55.1 Å². The second kappa shape index (κ2) is 13.3. The van der Waals surface area contributed by atoms with Gasteiger partial charge in [0.1, 0.15) is 28.0 Å². The van der Waals surface area contributed by atoms with Crippen LogP contribution in [0.1, 0.15) is 5.69 Å². The Morgan fingerprint density at radius 2 is 1.16 bits per heavy atom. The molecule has 0 amide bonds. The molecule has 7 nitrogen and oxygen atoms in total. The number of thiophene rings is 1. The van der Waals surface area contributed by atoms with Crippen molar-refractivity contribution >= 4 is 81.6 Å². The van der Waals surface area contributed by atoms with Crippen molar-refractivity contribution in [2.24, 2.45) is 0 Å². The largest absolute Gasteiger partial charge is 0.456 e. The minimum atomic E-state index is 0.574. The van der Waals surface area contributed by atoms with Gasteiger partial charge >= 0.3 is 0 Å². The maximum atomic E-state index is 6.32. The molecule has 5 heterocycles. The van der Waals surface area contributed by atoms with Gasteiger partial charge in [0.05, 0.1) is 0 Å². The molecule has 0 fully saturated rings. The molecule has 57 heavy (non-hydrogen) atoms. The Morgan fingerprint density at radius 1 is 0.474 bits per heavy atom. The van der Waals surface area contributed by atoms with E-state index in [1.165, 1.54) is 0 Å². The van der Waals surface area contributed by atoms with E-state index in [1.807, 2.05) is 109 Å². The van der Waals surface area contributed by atoms with Crippen molar-refractivity contribution in [3.63, 3.8) is 0 Å². The van der Waals surface area contributed by atoms with Gasteiger partial charge in [-0.05, 0) is 54.6 Å². The van der Waals surface area contributed by atoms with Gasteiger partial charge in [0.2, 0.25) is 0 Å². The number of fused-ring (bicyclic) bond motifs is 9. The average Bonchev–Trinajstić information content (AvgIpc) is 3.96. The molecular formula is C49H29N5O2S. The lowest BCUT2D eigenvalue weighted by Crippen LogP contribution is -2.00. The van der Waals surface area contributed by atoms with Crippen LogP contribution in [-0.4, -0.2) is 24.9 Å². The van der Waals surface area contributed by atoms with Crippen molar-refractivity contribution in [3.05, 3.63) is 170 Å². The highest BCUT2D eigenvalue weighted by molar-refractivity contribution is 7.26. The van der Waals surface area contributed by atoms with Crippen molar-refractivity contribution in [1.82, 2.24) is 24.9 Å². The number of aromatic nitrogens is 5. The zero-order valence-corrected chi connectivity index (χ0v) is 31.1. The summed E-state index contributed by atoms with van der Waals surface area (Å²) in [5.41, 5.74) is 8.07. The summed E-state index contributed by atoms with van der Waals surface area (Å²) < 4.78 is 14.8. The fourth-order valence-corrected chi connectivity index (χ4v) is 8.70. The van der Waals surface area contributed by atoms with E-state index < -0.39 is 0 Å². The summed E-state index contributed by atoms with van der Waals surface area (Å²) in [7, 11) is 0. The van der Waals surface area contributed by atoms with E-state index in [4.69, 9.17) is 33.8 Å². The van der Waals surface area contributed by atoms with Crippen molar-refractivity contribution in [2.45, 2.75) is 0 Å². The highest BCUT2D eigenvalue weighted by Crippen LogP contribution is 2.42. The van der Waals surface area contributed by atoms with Crippen molar-refractivity contribution in [3.8, 4) is 45.6 Å². The molecule has 0 aliphatic rings. The molecule has 6 aromatic carbocycles. The molecule has 11 aromatic rings. The normalized spacial score (nSPS) is 12.1. The summed E-state index contributed by atoms with van der Waals surface area (Å²) >= 11 is 1.74. The molecule has 0 saturated carbocycles. The Kier molecular flexibility index (Phi) is 7.68. The predicted molar refractivity (Wildman–Crippen MR) is 233 cm³/mol. The fraction of sp³-hybridized carbons (Fsp3) is 0. The summed E-state index contributed by atoms with van der Waals surface area (Å²) in [6, 6.07) is 44.9. The molecule has 0 spiro atoms. The van der Waals surface area contributed by atoms with Gasteiger partial charge in [-0.2, -0.15) is 0 Å². The van der Waals surface area contributed by atoms with E-state index in [9.17, 15) is 0 Å². The lowest BCUT2D eigenvalue weighted by Gasteiger charge is -2.10. The SMILES string of the molecule is C=C/C=C\C=C\c1nc(-c2cccc3sc4ccc(-c5nc(-c6ccccc6)nc(-c6cccc7oc8ccccc8c67)n5)cc4c23)nc2c1oc1ccccc12. The molecule has 0 atom stereocenters. The van der Waals surface area contributed by atoms with Crippen LogP contribution in [0.4, 0.5) is 0 Å². The summed E-state index contributed by atoms with van der Waals surface area (Å²) in [5, 5.41) is 5.07. The standard InChI is InChI=1S/C49H29N5O2S/c1-2-3-4-8-21-36-45-44(32-18-10-12-23-38(32)56-45)51-48(50-36)34-20-14-25-41-43(34)35-28-30(26-27-40(35)57-41)47-52-46(29-15-6-5-7-16-29)53-49(54-47)33-19-13-24-39-42(33)31-17-9-11-22-37(31)55-39/h2-28H,1H2/b4-3-,21-8+. The number of hydrogen-bond donors (Lipinski definition) is 0. The first-order valence-corrected chi connectivity index (χ1v) is 19.3. The number of allylic oxidation sites excluding steroid dienone is 4. The topological polar surface area (TPSA) is 90.7 Å². The zero-order chi connectivity index (χ0) is 37.9. The summed E-state index contributed by atoms with van der Waals surface area (Å²) in [5.74, 6) is 2.36. The Hall–Kier alpha value is -7.55. The third-order valence-electron chi connectivity index (χ3n) is 10.2. The van der Waals surface area contributed by atoms with Crippen LogP contribution in [0, 0.1) is 0 Å². The molecule has 0 bridgehead atoms. The van der Waals surface area contributed by atoms with Crippen LogP contribution in [0.3, 0.4) is 0 Å². The predicted octanol–water partition coefficient (Wildman–Crippen LogP) is 13.3. The van der Waals surface area contributed by atoms with Crippen LogP contribution in [-0.2, 0) is 0 Å². The monoisotopic (exact) mass is 751 g/mol. The average molecular weight is 752 g/mol. The van der Waals surface area contributed by atoms with Crippen LogP contribution in [0.2, 0.25) is 0 Å². The first kappa shape index (κ1) is 32.8. The van der Waals surface area contributed by atoms with Crippen LogP contribution in [0.15, 0.2) is 173 Å². The van der Waals surface area contributed by atoms with Gasteiger partial charge < -0.3 is 8.83 Å². The van der Waals surface area contributed by atoms with Gasteiger partial charge in [-0.3, -0.25) is 0 Å². The maximum absolute atomic E-state index is 6.32. The van der Waals surface area contributed by atoms with Gasteiger partial charge in [-0.1, -0.05) is 116 Å².